The first kappa shape index (κ1) is 11.9. The average Bonchev–Trinajstić information content (AvgIpc) is 2.28. The van der Waals surface area contributed by atoms with Gasteiger partial charge >= 0.3 is 0 Å². The molecule has 0 aromatic heterocycles. The Balaban J connectivity index is 2.07. The lowest BCUT2D eigenvalue weighted by Gasteiger charge is -2.08. The molecule has 0 aliphatic rings. The molecule has 0 radical (unpaired) electrons. The third-order valence-electron chi connectivity index (χ3n) is 2.24. The van der Waals surface area contributed by atoms with Gasteiger partial charge < -0.3 is 9.84 Å². The molecule has 88 valence electrons. The minimum absolute atomic E-state index is 0.149. The SMILES string of the molecule is Oc1cc(Br)ccc1COc1cccc(F)c1. The van der Waals surface area contributed by atoms with E-state index in [1.54, 1.807) is 24.3 Å². The first-order chi connectivity index (χ1) is 8.15. The number of rotatable bonds is 3. The van der Waals surface area contributed by atoms with E-state index < -0.39 is 0 Å². The lowest BCUT2D eigenvalue weighted by Crippen LogP contribution is -1.96. The summed E-state index contributed by atoms with van der Waals surface area (Å²) in [5.74, 6) is 0.241. The second kappa shape index (κ2) is 5.19. The Kier molecular flexibility index (Phi) is 3.64. The van der Waals surface area contributed by atoms with Crippen LogP contribution in [-0.4, -0.2) is 5.11 Å². The third kappa shape index (κ3) is 3.20. The molecule has 0 spiro atoms. The fourth-order valence-corrected chi connectivity index (χ4v) is 1.73. The highest BCUT2D eigenvalue weighted by atomic mass is 79.9. The predicted molar refractivity (Wildman–Crippen MR) is 66.5 cm³/mol. The Hall–Kier alpha value is -1.55. The molecule has 0 saturated carbocycles. The summed E-state index contributed by atoms with van der Waals surface area (Å²) < 4.78 is 19.1. The maximum absolute atomic E-state index is 12.9. The highest BCUT2D eigenvalue weighted by Crippen LogP contribution is 2.23. The van der Waals surface area contributed by atoms with Crippen LogP contribution in [0.2, 0.25) is 0 Å². The van der Waals surface area contributed by atoms with Gasteiger partial charge in [0.25, 0.3) is 0 Å². The van der Waals surface area contributed by atoms with E-state index in [1.165, 1.54) is 12.1 Å². The number of phenols is 1. The van der Waals surface area contributed by atoms with Crippen molar-refractivity contribution in [3.8, 4) is 11.5 Å². The second-order valence-electron chi connectivity index (χ2n) is 3.52. The molecule has 2 rings (SSSR count). The summed E-state index contributed by atoms with van der Waals surface area (Å²) in [7, 11) is 0. The molecule has 0 saturated heterocycles. The van der Waals surface area contributed by atoms with E-state index >= 15 is 0 Å². The minimum Gasteiger partial charge on any atom is -0.507 e. The van der Waals surface area contributed by atoms with Crippen molar-refractivity contribution in [1.29, 1.82) is 0 Å². The molecule has 1 N–H and O–H groups in total. The Morgan fingerprint density at radius 2 is 2.00 bits per heavy atom. The highest BCUT2D eigenvalue weighted by molar-refractivity contribution is 9.10. The van der Waals surface area contributed by atoms with Gasteiger partial charge in [-0.2, -0.15) is 0 Å². The van der Waals surface area contributed by atoms with Gasteiger partial charge in [-0.3, -0.25) is 0 Å². The molecule has 2 aromatic carbocycles. The summed E-state index contributed by atoms with van der Waals surface area (Å²) in [4.78, 5) is 0. The molecule has 17 heavy (non-hydrogen) atoms. The fraction of sp³-hybridized carbons (Fsp3) is 0.0769. The average molecular weight is 297 g/mol. The van der Waals surface area contributed by atoms with Crippen LogP contribution in [0, 0.1) is 5.82 Å². The molecule has 2 aromatic rings. The molecule has 4 heteroatoms. The van der Waals surface area contributed by atoms with Crippen LogP contribution in [0.4, 0.5) is 4.39 Å². The summed E-state index contributed by atoms with van der Waals surface area (Å²) in [6, 6.07) is 11.0. The normalized spacial score (nSPS) is 10.2. The molecule has 0 amide bonds. The topological polar surface area (TPSA) is 29.5 Å². The van der Waals surface area contributed by atoms with Crippen LogP contribution >= 0.6 is 15.9 Å². The fourth-order valence-electron chi connectivity index (χ4n) is 1.38. The maximum Gasteiger partial charge on any atom is 0.126 e. The van der Waals surface area contributed by atoms with E-state index in [2.05, 4.69) is 15.9 Å². The lowest BCUT2D eigenvalue weighted by molar-refractivity contribution is 0.297. The quantitative estimate of drug-likeness (QED) is 0.931. The van der Waals surface area contributed by atoms with Gasteiger partial charge in [0.2, 0.25) is 0 Å². The number of hydrogen-bond acceptors (Lipinski definition) is 2. The van der Waals surface area contributed by atoms with Gasteiger partial charge in [0.1, 0.15) is 23.9 Å². The van der Waals surface area contributed by atoms with Crippen LogP contribution in [0.25, 0.3) is 0 Å². The number of ether oxygens (including phenoxy) is 1. The van der Waals surface area contributed by atoms with Crippen LogP contribution in [0.3, 0.4) is 0 Å². The first-order valence-electron chi connectivity index (χ1n) is 5.01. The van der Waals surface area contributed by atoms with E-state index in [1.807, 2.05) is 6.07 Å². The Labute approximate surface area is 107 Å². The second-order valence-corrected chi connectivity index (χ2v) is 4.43. The lowest BCUT2D eigenvalue weighted by atomic mass is 10.2. The van der Waals surface area contributed by atoms with Crippen molar-refractivity contribution in [3.05, 3.63) is 58.3 Å². The molecule has 0 aliphatic carbocycles. The van der Waals surface area contributed by atoms with Gasteiger partial charge in [-0.05, 0) is 24.3 Å². The van der Waals surface area contributed by atoms with Crippen LogP contribution in [-0.2, 0) is 6.61 Å². The van der Waals surface area contributed by atoms with Gasteiger partial charge in [0, 0.05) is 16.1 Å². The van der Waals surface area contributed by atoms with Gasteiger partial charge in [-0.15, -0.1) is 0 Å². The summed E-state index contributed by atoms with van der Waals surface area (Å²) in [5.41, 5.74) is 0.650. The molecule has 0 fully saturated rings. The van der Waals surface area contributed by atoms with Crippen LogP contribution in [0.15, 0.2) is 46.9 Å². The van der Waals surface area contributed by atoms with Crippen molar-refractivity contribution in [2.24, 2.45) is 0 Å². The zero-order chi connectivity index (χ0) is 12.3. The van der Waals surface area contributed by atoms with Crippen LogP contribution in [0.5, 0.6) is 11.5 Å². The molecule has 2 nitrogen and oxygen atoms in total. The number of halogens is 2. The van der Waals surface area contributed by atoms with Crippen LogP contribution < -0.4 is 4.74 Å². The highest BCUT2D eigenvalue weighted by Gasteiger charge is 2.03. The Bertz CT molecular complexity index is 529. The molecule has 0 heterocycles. The standard InChI is InChI=1S/C13H10BrFO2/c14-10-5-4-9(13(16)6-10)8-17-12-3-1-2-11(15)7-12/h1-7,16H,8H2. The van der Waals surface area contributed by atoms with E-state index in [9.17, 15) is 9.50 Å². The third-order valence-corrected chi connectivity index (χ3v) is 2.73. The predicted octanol–water partition coefficient (Wildman–Crippen LogP) is 3.87. The minimum atomic E-state index is -0.345. The molecule has 0 aliphatic heterocycles. The zero-order valence-electron chi connectivity index (χ0n) is 8.86. The number of aromatic hydroxyl groups is 1. The summed E-state index contributed by atoms with van der Waals surface area (Å²) in [5, 5.41) is 9.64. The van der Waals surface area contributed by atoms with Gasteiger partial charge in [-0.25, -0.2) is 4.39 Å². The van der Waals surface area contributed by atoms with Crippen LogP contribution in [0.1, 0.15) is 5.56 Å². The van der Waals surface area contributed by atoms with Crippen molar-refractivity contribution in [3.63, 3.8) is 0 Å². The van der Waals surface area contributed by atoms with Crippen molar-refractivity contribution in [2.45, 2.75) is 6.61 Å². The van der Waals surface area contributed by atoms with Crippen molar-refractivity contribution >= 4 is 15.9 Å². The van der Waals surface area contributed by atoms with E-state index in [-0.39, 0.29) is 18.2 Å². The summed E-state index contributed by atoms with van der Waals surface area (Å²) >= 11 is 3.25. The smallest absolute Gasteiger partial charge is 0.126 e. The Morgan fingerprint density at radius 3 is 2.71 bits per heavy atom. The Morgan fingerprint density at radius 1 is 1.18 bits per heavy atom. The summed E-state index contributed by atoms with van der Waals surface area (Å²) in [6.07, 6.45) is 0. The van der Waals surface area contributed by atoms with Gasteiger partial charge in [-0.1, -0.05) is 28.1 Å². The molecular weight excluding hydrogens is 287 g/mol. The molecule has 0 atom stereocenters. The van der Waals surface area contributed by atoms with E-state index in [0.717, 1.165) is 4.47 Å². The number of hydrogen-bond donors (Lipinski definition) is 1. The largest absolute Gasteiger partial charge is 0.507 e. The molecular formula is C13H10BrFO2. The molecule has 0 bridgehead atoms. The number of phenolic OH excluding ortho intramolecular Hbond substituents is 1. The van der Waals surface area contributed by atoms with Gasteiger partial charge in [0.05, 0.1) is 0 Å². The monoisotopic (exact) mass is 296 g/mol. The molecule has 0 unspecified atom stereocenters. The van der Waals surface area contributed by atoms with Crippen molar-refractivity contribution in [1.82, 2.24) is 0 Å². The van der Waals surface area contributed by atoms with Crippen molar-refractivity contribution in [2.75, 3.05) is 0 Å². The van der Waals surface area contributed by atoms with E-state index in [0.29, 0.717) is 11.3 Å². The maximum atomic E-state index is 12.9. The van der Waals surface area contributed by atoms with Crippen molar-refractivity contribution < 1.29 is 14.2 Å². The summed E-state index contributed by atoms with van der Waals surface area (Å²) in [6.45, 7) is 0.197. The van der Waals surface area contributed by atoms with E-state index in [4.69, 9.17) is 4.74 Å². The first-order valence-corrected chi connectivity index (χ1v) is 5.80. The zero-order valence-corrected chi connectivity index (χ0v) is 10.4. The van der Waals surface area contributed by atoms with Gasteiger partial charge in [0.15, 0.2) is 0 Å². The number of benzene rings is 2.